The van der Waals surface area contributed by atoms with Crippen molar-refractivity contribution in [3.05, 3.63) is 29.1 Å². The van der Waals surface area contributed by atoms with Crippen LogP contribution in [0.25, 0.3) is 0 Å². The Hall–Kier alpha value is -2.11. The number of hydrogen-bond acceptors (Lipinski definition) is 3. The van der Waals surface area contributed by atoms with Crippen molar-refractivity contribution in [2.75, 3.05) is 6.61 Å². The molecule has 1 aliphatic heterocycles. The third-order valence-electron chi connectivity index (χ3n) is 3.15. The number of benzene rings is 1. The summed E-state index contributed by atoms with van der Waals surface area (Å²) in [5.41, 5.74) is 0.0460. The van der Waals surface area contributed by atoms with Gasteiger partial charge >= 0.3 is 5.97 Å². The van der Waals surface area contributed by atoms with E-state index in [0.717, 1.165) is 6.07 Å². The number of carboxylic acids is 1. The van der Waals surface area contributed by atoms with E-state index in [-0.39, 0.29) is 42.0 Å². The number of carbonyl (C=O) groups is 2. The maximum absolute atomic E-state index is 14.0. The molecule has 1 aromatic rings. The Morgan fingerprint density at radius 2 is 2.00 bits per heavy atom. The highest BCUT2D eigenvalue weighted by Crippen LogP contribution is 2.29. The van der Waals surface area contributed by atoms with Gasteiger partial charge in [0.05, 0.1) is 18.2 Å². The van der Waals surface area contributed by atoms with Gasteiger partial charge in [0.1, 0.15) is 18.2 Å². The Bertz CT molecular complexity index is 545. The number of nitrogens with zero attached hydrogens (tertiary/aromatic N) is 1. The Labute approximate surface area is 123 Å². The molecule has 1 heterocycles. The van der Waals surface area contributed by atoms with Crippen LogP contribution in [0.5, 0.6) is 5.75 Å². The van der Waals surface area contributed by atoms with Crippen molar-refractivity contribution in [1.29, 1.82) is 0 Å². The first-order valence-corrected chi connectivity index (χ1v) is 6.86. The van der Waals surface area contributed by atoms with E-state index < -0.39 is 11.8 Å². The lowest BCUT2D eigenvalue weighted by molar-refractivity contribution is -0.131. The molecule has 1 aromatic carbocycles. The number of hydrogen-bond donors (Lipinski definition) is 1. The fourth-order valence-electron chi connectivity index (χ4n) is 2.07. The third kappa shape index (κ3) is 3.71. The summed E-state index contributed by atoms with van der Waals surface area (Å²) in [5.74, 6) is -1.88. The van der Waals surface area contributed by atoms with Crippen LogP contribution in [0.3, 0.4) is 0 Å². The third-order valence-corrected chi connectivity index (χ3v) is 3.15. The lowest BCUT2D eigenvalue weighted by Crippen LogP contribution is -2.38. The first kappa shape index (κ1) is 16.9. The monoisotopic (exact) mass is 297 g/mol. The Morgan fingerprint density at radius 1 is 1.38 bits per heavy atom. The summed E-state index contributed by atoms with van der Waals surface area (Å²) in [4.78, 5) is 23.9. The van der Waals surface area contributed by atoms with Crippen molar-refractivity contribution in [3.63, 3.8) is 0 Å². The van der Waals surface area contributed by atoms with E-state index >= 15 is 0 Å². The second kappa shape index (κ2) is 7.06. The molecule has 0 bridgehead atoms. The van der Waals surface area contributed by atoms with Gasteiger partial charge in [-0.2, -0.15) is 0 Å². The number of carbonyl (C=O) groups excluding carboxylic acids is 1. The average Bonchev–Trinajstić information content (AvgIpc) is 2.61. The van der Waals surface area contributed by atoms with Gasteiger partial charge in [0.15, 0.2) is 0 Å². The highest BCUT2D eigenvalue weighted by molar-refractivity contribution is 5.88. The summed E-state index contributed by atoms with van der Waals surface area (Å²) < 4.78 is 19.4. The normalized spacial score (nSPS) is 16.8. The van der Waals surface area contributed by atoms with E-state index in [4.69, 9.17) is 9.84 Å². The number of rotatable bonds is 1. The Balaban J connectivity index is 0.00000106. The van der Waals surface area contributed by atoms with Gasteiger partial charge in [-0.05, 0) is 19.1 Å². The number of halogens is 1. The van der Waals surface area contributed by atoms with Crippen molar-refractivity contribution in [3.8, 4) is 5.75 Å². The summed E-state index contributed by atoms with van der Waals surface area (Å²) in [6, 6.07) is 2.04. The molecule has 1 aliphatic rings. The van der Waals surface area contributed by atoms with Crippen LogP contribution < -0.4 is 4.74 Å². The van der Waals surface area contributed by atoms with E-state index in [1.807, 2.05) is 13.8 Å². The maximum Gasteiger partial charge on any atom is 0.335 e. The quantitative estimate of drug-likeness (QED) is 0.865. The van der Waals surface area contributed by atoms with Gasteiger partial charge in [-0.1, -0.05) is 13.8 Å². The lowest BCUT2D eigenvalue weighted by Gasteiger charge is -2.24. The first-order valence-electron chi connectivity index (χ1n) is 6.86. The van der Waals surface area contributed by atoms with Crippen LogP contribution in [-0.2, 0) is 11.3 Å². The fraction of sp³-hybridized carbons (Fsp3) is 0.467. The molecule has 0 radical (unpaired) electrons. The van der Waals surface area contributed by atoms with Crippen LogP contribution >= 0.6 is 0 Å². The average molecular weight is 297 g/mol. The fourth-order valence-corrected chi connectivity index (χ4v) is 2.07. The summed E-state index contributed by atoms with van der Waals surface area (Å²) in [6.07, 6.45) is 0. The molecule has 1 amide bonds. The summed E-state index contributed by atoms with van der Waals surface area (Å²) in [7, 11) is 0. The predicted molar refractivity (Wildman–Crippen MR) is 75.9 cm³/mol. The molecule has 1 unspecified atom stereocenters. The molecular formula is C15H20FNO4. The summed E-state index contributed by atoms with van der Waals surface area (Å²) in [5, 5.41) is 8.89. The van der Waals surface area contributed by atoms with Crippen molar-refractivity contribution in [1.82, 2.24) is 4.90 Å². The van der Waals surface area contributed by atoms with E-state index in [1.54, 1.807) is 6.92 Å². The van der Waals surface area contributed by atoms with Crippen LogP contribution in [0.1, 0.15) is 43.6 Å². The van der Waals surface area contributed by atoms with Gasteiger partial charge in [0.25, 0.3) is 0 Å². The zero-order valence-corrected chi connectivity index (χ0v) is 12.6. The number of ether oxygens (including phenoxy) is 1. The highest BCUT2D eigenvalue weighted by Gasteiger charge is 2.26. The number of carboxylic acid groups (broad SMARTS) is 1. The largest absolute Gasteiger partial charge is 0.491 e. The predicted octanol–water partition coefficient (Wildman–Crippen LogP) is 2.68. The van der Waals surface area contributed by atoms with Crippen molar-refractivity contribution in [2.24, 2.45) is 0 Å². The minimum atomic E-state index is -1.22. The Kier molecular flexibility index (Phi) is 5.69. The molecular weight excluding hydrogens is 277 g/mol. The van der Waals surface area contributed by atoms with Gasteiger partial charge in [-0.15, -0.1) is 0 Å². The van der Waals surface area contributed by atoms with Gasteiger partial charge in [0, 0.05) is 12.5 Å². The topological polar surface area (TPSA) is 66.8 Å². The number of fused-ring (bicyclic) bond motifs is 1. The lowest BCUT2D eigenvalue weighted by atomic mass is 10.1. The van der Waals surface area contributed by atoms with Crippen molar-refractivity contribution >= 4 is 11.9 Å². The summed E-state index contributed by atoms with van der Waals surface area (Å²) in [6.45, 7) is 7.49. The molecule has 0 spiro atoms. The molecule has 2 rings (SSSR count). The van der Waals surface area contributed by atoms with E-state index in [1.165, 1.54) is 17.9 Å². The molecule has 1 atom stereocenters. The van der Waals surface area contributed by atoms with Crippen molar-refractivity contribution in [2.45, 2.75) is 40.3 Å². The zero-order valence-electron chi connectivity index (χ0n) is 12.6. The molecule has 116 valence electrons. The summed E-state index contributed by atoms with van der Waals surface area (Å²) >= 11 is 0. The van der Waals surface area contributed by atoms with Crippen LogP contribution in [0.2, 0.25) is 0 Å². The van der Waals surface area contributed by atoms with E-state index in [2.05, 4.69) is 0 Å². The van der Waals surface area contributed by atoms with Crippen LogP contribution in [0.4, 0.5) is 4.39 Å². The SMILES string of the molecule is CC.CC(=O)N1Cc2c(F)cc(C(=O)O)cc2OCC1C. The minimum Gasteiger partial charge on any atom is -0.491 e. The maximum atomic E-state index is 14.0. The zero-order chi connectivity index (χ0) is 16.2. The van der Waals surface area contributed by atoms with Gasteiger partial charge in [0.2, 0.25) is 5.91 Å². The number of aromatic carboxylic acids is 1. The molecule has 0 aliphatic carbocycles. The molecule has 0 saturated heterocycles. The molecule has 0 saturated carbocycles. The van der Waals surface area contributed by atoms with Gasteiger partial charge in [-0.25, -0.2) is 9.18 Å². The molecule has 6 heteroatoms. The second-order valence-electron chi connectivity index (χ2n) is 4.55. The molecule has 0 fully saturated rings. The molecule has 5 nitrogen and oxygen atoms in total. The first-order chi connectivity index (χ1) is 9.90. The van der Waals surface area contributed by atoms with Crippen molar-refractivity contribution < 1.29 is 23.8 Å². The van der Waals surface area contributed by atoms with Crippen LogP contribution in [-0.4, -0.2) is 34.5 Å². The van der Waals surface area contributed by atoms with Crippen LogP contribution in [0.15, 0.2) is 12.1 Å². The number of amides is 1. The molecule has 1 N–H and O–H groups in total. The molecule has 0 aromatic heterocycles. The minimum absolute atomic E-state index is 0.0809. The standard InChI is InChI=1S/C13H14FNO4.C2H6/c1-7-6-19-12-4-9(13(17)18)3-11(14)10(12)5-15(7)8(2)16;1-2/h3-4,7H,5-6H2,1-2H3,(H,17,18);1-2H3. The van der Waals surface area contributed by atoms with Gasteiger partial charge in [-0.3, -0.25) is 4.79 Å². The molecule has 21 heavy (non-hydrogen) atoms. The van der Waals surface area contributed by atoms with E-state index in [0.29, 0.717) is 0 Å². The second-order valence-corrected chi connectivity index (χ2v) is 4.55. The van der Waals surface area contributed by atoms with E-state index in [9.17, 15) is 14.0 Å². The highest BCUT2D eigenvalue weighted by atomic mass is 19.1. The Morgan fingerprint density at radius 3 is 2.52 bits per heavy atom. The van der Waals surface area contributed by atoms with Crippen LogP contribution in [0, 0.1) is 5.82 Å². The smallest absolute Gasteiger partial charge is 0.335 e. The van der Waals surface area contributed by atoms with Gasteiger partial charge < -0.3 is 14.7 Å².